The van der Waals surface area contributed by atoms with Crippen molar-refractivity contribution in [3.05, 3.63) is 29.8 Å². The Hall–Kier alpha value is -0.510. The van der Waals surface area contributed by atoms with E-state index in [0.717, 1.165) is 5.56 Å². The second-order valence-corrected chi connectivity index (χ2v) is 5.87. The van der Waals surface area contributed by atoms with Gasteiger partial charge in [-0.25, -0.2) is 0 Å². The van der Waals surface area contributed by atoms with Crippen LogP contribution in [0.2, 0.25) is 0 Å². The van der Waals surface area contributed by atoms with Crippen LogP contribution in [0.4, 0.5) is 0 Å². The summed E-state index contributed by atoms with van der Waals surface area (Å²) in [5.41, 5.74) is 0.225. The molecule has 2 rings (SSSR count). The zero-order chi connectivity index (χ0) is 10.9. The van der Waals surface area contributed by atoms with Gasteiger partial charge in [0.2, 0.25) is 0 Å². The molecule has 82 valence electrons. The van der Waals surface area contributed by atoms with Crippen LogP contribution in [0.15, 0.2) is 29.2 Å². The normalized spacial score (nSPS) is 18.9. The molecule has 15 heavy (non-hydrogen) atoms. The molecule has 1 saturated heterocycles. The first-order valence-electron chi connectivity index (χ1n) is 5.17. The third-order valence-corrected chi connectivity index (χ3v) is 3.46. The average molecular weight is 224 g/mol. The highest BCUT2D eigenvalue weighted by atomic mass is 32.2. The van der Waals surface area contributed by atoms with Crippen LogP contribution in [-0.4, -0.2) is 23.6 Å². The molecule has 0 amide bonds. The first-order chi connectivity index (χ1) is 7.10. The van der Waals surface area contributed by atoms with Crippen LogP contribution in [-0.2, 0) is 10.3 Å². The molecule has 0 aromatic heterocycles. The molecule has 1 fully saturated rings. The van der Waals surface area contributed by atoms with Crippen LogP contribution in [0.25, 0.3) is 0 Å². The fourth-order valence-electron chi connectivity index (χ4n) is 1.58. The van der Waals surface area contributed by atoms with Crippen LogP contribution in [0.1, 0.15) is 19.4 Å². The second kappa shape index (κ2) is 4.16. The smallest absolute Gasteiger partial charge is 0.136 e. The number of ether oxygens (including phenoxy) is 1. The van der Waals surface area contributed by atoms with Gasteiger partial charge in [-0.15, -0.1) is 11.8 Å². The minimum atomic E-state index is -0.735. The van der Waals surface area contributed by atoms with Crippen molar-refractivity contribution >= 4 is 11.8 Å². The summed E-state index contributed by atoms with van der Waals surface area (Å²) in [5, 5.41) is 10.6. The van der Waals surface area contributed by atoms with E-state index in [2.05, 4.69) is 26.0 Å². The molecule has 1 heterocycles. The minimum Gasteiger partial charge on any atom is -0.380 e. The van der Waals surface area contributed by atoms with E-state index in [1.807, 2.05) is 23.9 Å². The van der Waals surface area contributed by atoms with Gasteiger partial charge in [0.25, 0.3) is 0 Å². The van der Waals surface area contributed by atoms with Crippen molar-refractivity contribution in [1.29, 1.82) is 0 Å². The fraction of sp³-hybridized carbons (Fsp3) is 0.500. The lowest BCUT2D eigenvalue weighted by Gasteiger charge is -2.36. The Morgan fingerprint density at radius 3 is 2.27 bits per heavy atom. The predicted molar refractivity (Wildman–Crippen MR) is 62.2 cm³/mol. The summed E-state index contributed by atoms with van der Waals surface area (Å²) in [6.07, 6.45) is 0. The topological polar surface area (TPSA) is 29.5 Å². The molecule has 1 aromatic carbocycles. The van der Waals surface area contributed by atoms with E-state index in [9.17, 15) is 5.11 Å². The molecule has 0 atom stereocenters. The molecule has 0 aliphatic carbocycles. The molecular weight excluding hydrogens is 208 g/mol. The molecular formula is C12H16O2S. The Bertz CT molecular complexity index is 328. The van der Waals surface area contributed by atoms with Gasteiger partial charge in [-0.2, -0.15) is 0 Å². The van der Waals surface area contributed by atoms with Crippen LogP contribution in [0, 0.1) is 0 Å². The van der Waals surface area contributed by atoms with Gasteiger partial charge in [-0.05, 0) is 17.7 Å². The predicted octanol–water partition coefficient (Wildman–Crippen LogP) is 2.40. The Labute approximate surface area is 94.6 Å². The Balaban J connectivity index is 2.10. The monoisotopic (exact) mass is 224 g/mol. The van der Waals surface area contributed by atoms with Crippen molar-refractivity contribution in [1.82, 2.24) is 0 Å². The van der Waals surface area contributed by atoms with Crippen LogP contribution >= 0.6 is 11.8 Å². The number of hydrogen-bond acceptors (Lipinski definition) is 3. The molecule has 0 spiro atoms. The van der Waals surface area contributed by atoms with Gasteiger partial charge in [-0.1, -0.05) is 26.0 Å². The Kier molecular flexibility index (Phi) is 3.05. The maximum absolute atomic E-state index is 10.0. The van der Waals surface area contributed by atoms with Gasteiger partial charge in [0.05, 0.1) is 13.2 Å². The van der Waals surface area contributed by atoms with Crippen LogP contribution in [0.3, 0.4) is 0 Å². The molecule has 0 bridgehead atoms. The van der Waals surface area contributed by atoms with E-state index in [0.29, 0.717) is 18.5 Å². The fourth-order valence-corrected chi connectivity index (χ4v) is 2.42. The van der Waals surface area contributed by atoms with Crippen molar-refractivity contribution in [3.63, 3.8) is 0 Å². The summed E-state index contributed by atoms with van der Waals surface area (Å²) in [4.78, 5) is 1.25. The van der Waals surface area contributed by atoms with Crippen LogP contribution in [0.5, 0.6) is 0 Å². The second-order valence-electron chi connectivity index (χ2n) is 4.22. The minimum absolute atomic E-state index is 0.420. The summed E-state index contributed by atoms with van der Waals surface area (Å²) in [6, 6.07) is 8.12. The number of thioether (sulfide) groups is 1. The number of hydrogen-bond donors (Lipinski definition) is 1. The van der Waals surface area contributed by atoms with Crippen molar-refractivity contribution in [2.45, 2.75) is 29.6 Å². The zero-order valence-electron chi connectivity index (χ0n) is 9.06. The molecule has 1 aliphatic rings. The van der Waals surface area contributed by atoms with Crippen molar-refractivity contribution in [2.24, 2.45) is 0 Å². The van der Waals surface area contributed by atoms with Gasteiger partial charge >= 0.3 is 0 Å². The van der Waals surface area contributed by atoms with Gasteiger partial charge in [0.15, 0.2) is 0 Å². The Morgan fingerprint density at radius 2 is 1.87 bits per heavy atom. The molecule has 1 aromatic rings. The third kappa shape index (κ3) is 2.36. The standard InChI is InChI=1S/C12H16O2S/c1-9(2)15-11-5-3-10(4-6-11)12(13)7-14-8-12/h3-6,9,13H,7-8H2,1-2H3. The first kappa shape index (κ1) is 11.0. The summed E-state index contributed by atoms with van der Waals surface area (Å²) >= 11 is 1.83. The lowest BCUT2D eigenvalue weighted by Crippen LogP contribution is -2.46. The molecule has 1 aliphatic heterocycles. The largest absolute Gasteiger partial charge is 0.380 e. The van der Waals surface area contributed by atoms with E-state index >= 15 is 0 Å². The molecule has 2 nitrogen and oxygen atoms in total. The summed E-state index contributed by atoms with van der Waals surface area (Å²) in [7, 11) is 0. The van der Waals surface area contributed by atoms with E-state index in [-0.39, 0.29) is 0 Å². The molecule has 0 saturated carbocycles. The van der Waals surface area contributed by atoms with Gasteiger partial charge < -0.3 is 9.84 Å². The summed E-state index contributed by atoms with van der Waals surface area (Å²) < 4.78 is 5.03. The average Bonchev–Trinajstić information content (AvgIpc) is 2.14. The molecule has 1 N–H and O–H groups in total. The lowest BCUT2D eigenvalue weighted by molar-refractivity contribution is -0.184. The maximum atomic E-state index is 10.0. The number of aliphatic hydroxyl groups is 1. The SMILES string of the molecule is CC(C)Sc1ccc(C2(O)COC2)cc1. The number of benzene rings is 1. The van der Waals surface area contributed by atoms with E-state index in [1.54, 1.807) is 0 Å². The maximum Gasteiger partial charge on any atom is 0.136 e. The van der Waals surface area contributed by atoms with Crippen molar-refractivity contribution in [3.8, 4) is 0 Å². The first-order valence-corrected chi connectivity index (χ1v) is 6.05. The molecule has 0 radical (unpaired) electrons. The van der Waals surface area contributed by atoms with Gasteiger partial charge in [-0.3, -0.25) is 0 Å². The van der Waals surface area contributed by atoms with Gasteiger partial charge in [0, 0.05) is 10.1 Å². The summed E-state index contributed by atoms with van der Waals surface area (Å²) in [5.74, 6) is 0. The summed E-state index contributed by atoms with van der Waals surface area (Å²) in [6.45, 7) is 5.19. The highest BCUT2D eigenvalue weighted by Gasteiger charge is 2.37. The highest BCUT2D eigenvalue weighted by Crippen LogP contribution is 2.31. The number of rotatable bonds is 3. The lowest BCUT2D eigenvalue weighted by atomic mass is 9.92. The quantitative estimate of drug-likeness (QED) is 0.799. The zero-order valence-corrected chi connectivity index (χ0v) is 9.88. The highest BCUT2D eigenvalue weighted by molar-refractivity contribution is 7.99. The molecule has 3 heteroatoms. The van der Waals surface area contributed by atoms with E-state index in [4.69, 9.17) is 4.74 Å². The Morgan fingerprint density at radius 1 is 1.27 bits per heavy atom. The van der Waals surface area contributed by atoms with Crippen molar-refractivity contribution < 1.29 is 9.84 Å². The third-order valence-electron chi connectivity index (χ3n) is 2.45. The van der Waals surface area contributed by atoms with Crippen LogP contribution < -0.4 is 0 Å². The van der Waals surface area contributed by atoms with E-state index in [1.165, 1.54) is 4.90 Å². The van der Waals surface area contributed by atoms with E-state index < -0.39 is 5.60 Å². The molecule has 0 unspecified atom stereocenters. The van der Waals surface area contributed by atoms with Gasteiger partial charge in [0.1, 0.15) is 5.60 Å². The van der Waals surface area contributed by atoms with Crippen molar-refractivity contribution in [2.75, 3.05) is 13.2 Å².